The fourth-order valence-corrected chi connectivity index (χ4v) is 5.74. The lowest BCUT2D eigenvalue weighted by molar-refractivity contribution is 0.276. The van der Waals surface area contributed by atoms with Gasteiger partial charge in [0.25, 0.3) is 0 Å². The van der Waals surface area contributed by atoms with Crippen LogP contribution in [-0.4, -0.2) is 47.6 Å². The number of rotatable bonds is 3. The molecule has 0 aromatic carbocycles. The van der Waals surface area contributed by atoms with Crippen LogP contribution in [0.2, 0.25) is 0 Å². The molecule has 3 aliphatic carbocycles. The van der Waals surface area contributed by atoms with Crippen LogP contribution in [-0.2, 0) is 0 Å². The van der Waals surface area contributed by atoms with Gasteiger partial charge in [0.1, 0.15) is 0 Å². The van der Waals surface area contributed by atoms with E-state index in [1.165, 1.54) is 26.1 Å². The number of likely N-dealkylation sites (tertiary alicyclic amines) is 1. The Morgan fingerprint density at radius 3 is 2.55 bits per heavy atom. The van der Waals surface area contributed by atoms with Gasteiger partial charge in [-0.05, 0) is 50.9 Å². The lowest BCUT2D eigenvalue weighted by atomic mass is 10.0. The average Bonchev–Trinajstić information content (AvgIpc) is 3.37. The molecule has 2 heteroatoms. The highest BCUT2D eigenvalue weighted by Crippen LogP contribution is 2.87. The van der Waals surface area contributed by atoms with Crippen molar-refractivity contribution in [1.29, 1.82) is 0 Å². The Balaban J connectivity index is 1.18. The lowest BCUT2D eigenvalue weighted by Crippen LogP contribution is -2.31. The van der Waals surface area contributed by atoms with Crippen molar-refractivity contribution in [2.75, 3.05) is 19.6 Å². The van der Waals surface area contributed by atoms with Gasteiger partial charge in [-0.25, -0.2) is 0 Å². The predicted molar refractivity (Wildman–Crippen MR) is 87.8 cm³/mol. The number of piperidine rings is 2. The molecule has 0 aromatic rings. The van der Waals surface area contributed by atoms with Crippen molar-refractivity contribution in [3.05, 3.63) is 0 Å². The largest absolute Gasteiger partial charge is 0.289 e. The summed E-state index contributed by atoms with van der Waals surface area (Å²) in [4.78, 5) is 5.24. The van der Waals surface area contributed by atoms with Gasteiger partial charge in [0, 0.05) is 37.5 Å². The summed E-state index contributed by atoms with van der Waals surface area (Å²) in [6, 6.07) is 1.73. The van der Waals surface area contributed by atoms with Gasteiger partial charge >= 0.3 is 0 Å². The monoisotopic (exact) mass is 294 g/mol. The summed E-state index contributed by atoms with van der Waals surface area (Å²) in [7, 11) is 0. The second kappa shape index (κ2) is 4.31. The molecule has 8 atom stereocenters. The summed E-state index contributed by atoms with van der Waals surface area (Å²) in [5.74, 6) is 17.5. The van der Waals surface area contributed by atoms with Crippen LogP contribution >= 0.6 is 0 Å². The Kier molecular flexibility index (Phi) is 2.64. The Morgan fingerprint density at radius 2 is 1.86 bits per heavy atom. The fourth-order valence-electron chi connectivity index (χ4n) is 5.74. The summed E-state index contributed by atoms with van der Waals surface area (Å²) in [5.41, 5.74) is 0.601. The average molecular weight is 294 g/mol. The molecule has 0 amide bonds. The summed E-state index contributed by atoms with van der Waals surface area (Å²) >= 11 is 0. The van der Waals surface area contributed by atoms with Crippen molar-refractivity contribution < 1.29 is 0 Å². The highest BCUT2D eigenvalue weighted by atomic mass is 15.4. The molecule has 0 radical (unpaired) electrons. The molecule has 6 rings (SSSR count). The Morgan fingerprint density at radius 1 is 1.09 bits per heavy atom. The molecule has 116 valence electrons. The number of hydrogen-bond acceptors (Lipinski definition) is 2. The van der Waals surface area contributed by atoms with Crippen LogP contribution in [0, 0.1) is 52.8 Å². The fraction of sp³-hybridized carbons (Fsp3) is 0.800. The van der Waals surface area contributed by atoms with E-state index in [4.69, 9.17) is 0 Å². The van der Waals surface area contributed by atoms with E-state index >= 15 is 0 Å². The van der Waals surface area contributed by atoms with Crippen LogP contribution in [0.1, 0.15) is 33.6 Å². The summed E-state index contributed by atoms with van der Waals surface area (Å²) < 4.78 is 0. The van der Waals surface area contributed by atoms with Crippen molar-refractivity contribution in [2.45, 2.75) is 51.7 Å². The van der Waals surface area contributed by atoms with E-state index < -0.39 is 0 Å². The molecule has 3 saturated heterocycles. The third-order valence-electron chi connectivity index (χ3n) is 7.29. The van der Waals surface area contributed by atoms with Crippen LogP contribution < -0.4 is 0 Å². The van der Waals surface area contributed by atoms with Crippen molar-refractivity contribution in [3.8, 4) is 23.7 Å². The first-order valence-electron chi connectivity index (χ1n) is 9.07. The smallest absolute Gasteiger partial charge is 0.0688 e. The summed E-state index contributed by atoms with van der Waals surface area (Å²) in [6.07, 6.45) is 2.63. The Bertz CT molecular complexity index is 616. The molecule has 3 heterocycles. The Labute approximate surface area is 134 Å². The maximum atomic E-state index is 3.57. The maximum absolute atomic E-state index is 3.57. The van der Waals surface area contributed by atoms with E-state index in [-0.39, 0.29) is 0 Å². The molecule has 2 nitrogen and oxygen atoms in total. The zero-order chi connectivity index (χ0) is 15.1. The second-order valence-electron chi connectivity index (χ2n) is 8.34. The van der Waals surface area contributed by atoms with Crippen LogP contribution in [0.5, 0.6) is 0 Å². The van der Waals surface area contributed by atoms with Gasteiger partial charge in [0.05, 0.1) is 12.1 Å². The molecule has 0 spiro atoms. The summed E-state index contributed by atoms with van der Waals surface area (Å²) in [6.45, 7) is 10.4. The van der Waals surface area contributed by atoms with Crippen LogP contribution in [0.3, 0.4) is 0 Å². The minimum atomic E-state index is 0.440. The normalized spacial score (nSPS) is 49.1. The van der Waals surface area contributed by atoms with E-state index in [0.29, 0.717) is 17.5 Å². The van der Waals surface area contributed by atoms with Gasteiger partial charge in [-0.1, -0.05) is 11.8 Å². The minimum absolute atomic E-state index is 0.440. The SMILES string of the molecule is CC#C[C@H](C)N1CC2C3C1C23CC#C[C@@H](C)N1CC2CC2C1. The molecule has 22 heavy (non-hydrogen) atoms. The maximum Gasteiger partial charge on any atom is 0.0688 e. The topological polar surface area (TPSA) is 6.48 Å². The van der Waals surface area contributed by atoms with E-state index in [1.807, 2.05) is 6.92 Å². The molecule has 3 saturated carbocycles. The van der Waals surface area contributed by atoms with E-state index in [0.717, 1.165) is 36.1 Å². The molecule has 0 N–H and O–H groups in total. The zero-order valence-electron chi connectivity index (χ0n) is 14.0. The first-order chi connectivity index (χ1) is 10.7. The van der Waals surface area contributed by atoms with Gasteiger partial charge in [-0.3, -0.25) is 9.80 Å². The Hall–Kier alpha value is -0.960. The molecule has 6 fully saturated rings. The van der Waals surface area contributed by atoms with Gasteiger partial charge in [0.15, 0.2) is 0 Å². The highest BCUT2D eigenvalue weighted by molar-refractivity contribution is 5.44. The molecule has 6 aliphatic rings. The third-order valence-corrected chi connectivity index (χ3v) is 7.29. The first-order valence-corrected chi connectivity index (χ1v) is 9.07. The predicted octanol–water partition coefficient (Wildman–Crippen LogP) is 2.06. The van der Waals surface area contributed by atoms with Crippen molar-refractivity contribution in [2.24, 2.45) is 29.1 Å². The number of nitrogens with zero attached hydrogens (tertiary/aromatic N) is 2. The van der Waals surface area contributed by atoms with Gasteiger partial charge in [0.2, 0.25) is 0 Å². The van der Waals surface area contributed by atoms with E-state index in [2.05, 4.69) is 47.3 Å². The van der Waals surface area contributed by atoms with Crippen LogP contribution in [0.25, 0.3) is 0 Å². The quantitative estimate of drug-likeness (QED) is 0.735. The van der Waals surface area contributed by atoms with Gasteiger partial charge < -0.3 is 0 Å². The molecule has 6 unspecified atom stereocenters. The van der Waals surface area contributed by atoms with E-state index in [9.17, 15) is 0 Å². The third kappa shape index (κ3) is 1.66. The van der Waals surface area contributed by atoms with Crippen molar-refractivity contribution in [1.82, 2.24) is 9.80 Å². The molecule has 0 aromatic heterocycles. The lowest BCUT2D eigenvalue weighted by Gasteiger charge is -2.21. The second-order valence-corrected chi connectivity index (χ2v) is 8.34. The van der Waals surface area contributed by atoms with Crippen molar-refractivity contribution >= 4 is 0 Å². The summed E-state index contributed by atoms with van der Waals surface area (Å²) in [5, 5.41) is 0. The molecule has 2 bridgehead atoms. The van der Waals surface area contributed by atoms with Gasteiger partial charge in [-0.2, -0.15) is 0 Å². The standard InChI is InChI=1S/C20H26N2/c1-4-6-14(3)22-12-17-18-19(22)20(17,18)8-5-7-13(2)21-10-15-9-16(15)11-21/h13-19H,8-12H2,1-3H3/t13-,14+,15?,16?,17?,18?,19?,20?/m1/s1. The highest BCUT2D eigenvalue weighted by Gasteiger charge is 2.91. The molecule has 3 aliphatic heterocycles. The van der Waals surface area contributed by atoms with E-state index in [1.54, 1.807) is 0 Å². The molecular formula is C20H26N2. The van der Waals surface area contributed by atoms with Crippen LogP contribution in [0.15, 0.2) is 0 Å². The molecular weight excluding hydrogens is 268 g/mol. The zero-order valence-corrected chi connectivity index (χ0v) is 14.0. The number of fused-ring (bicyclic) bond motifs is 2. The van der Waals surface area contributed by atoms with Crippen LogP contribution in [0.4, 0.5) is 0 Å². The first kappa shape index (κ1) is 13.5. The van der Waals surface area contributed by atoms with Gasteiger partial charge in [-0.15, -0.1) is 11.8 Å². The minimum Gasteiger partial charge on any atom is -0.289 e. The number of hydrogen-bond donors (Lipinski definition) is 0. The van der Waals surface area contributed by atoms with Crippen molar-refractivity contribution in [3.63, 3.8) is 0 Å².